The van der Waals surface area contributed by atoms with Crippen LogP contribution in [0.3, 0.4) is 0 Å². The first-order valence-electron chi connectivity index (χ1n) is 10.3. The summed E-state index contributed by atoms with van der Waals surface area (Å²) in [7, 11) is 4.25. The number of urea groups is 1. The molecule has 2 amide bonds. The maximum Gasteiger partial charge on any atom is 0.322 e. The van der Waals surface area contributed by atoms with Crippen LogP contribution in [0.25, 0.3) is 0 Å². The highest BCUT2D eigenvalue weighted by Gasteiger charge is 2.61. The van der Waals surface area contributed by atoms with Gasteiger partial charge in [-0.1, -0.05) is 30.3 Å². The van der Waals surface area contributed by atoms with Crippen molar-refractivity contribution in [2.75, 3.05) is 43.5 Å². The number of nitrogens with one attached hydrogen (secondary N) is 1. The van der Waals surface area contributed by atoms with Gasteiger partial charge in [0.15, 0.2) is 0 Å². The van der Waals surface area contributed by atoms with Crippen molar-refractivity contribution in [2.45, 2.75) is 37.3 Å². The summed E-state index contributed by atoms with van der Waals surface area (Å²) in [5, 5.41) is 3.28. The van der Waals surface area contributed by atoms with Gasteiger partial charge in [0, 0.05) is 13.1 Å². The van der Waals surface area contributed by atoms with E-state index in [0.717, 1.165) is 43.3 Å². The number of aryl methyl sites for hydroxylation is 1. The number of benzene rings is 1. The van der Waals surface area contributed by atoms with Gasteiger partial charge in [-0.05, 0) is 45.8 Å². The number of carbonyl (C=O) groups is 1. The molecule has 1 aromatic carbocycles. The van der Waals surface area contributed by atoms with Crippen LogP contribution in [0.15, 0.2) is 36.5 Å². The molecule has 152 valence electrons. The smallest absolute Gasteiger partial charge is 0.322 e. The molecule has 1 aromatic heterocycles. The fourth-order valence-electron chi connectivity index (χ4n) is 5.08. The SMILES string of the molecule is Cc1nc(N2CCC2)ncc1N1C[C@]2(C[C@](c3ccccc3)(N(C)C)C2)NC1=O. The highest BCUT2D eigenvalue weighted by atomic mass is 16.2. The van der Waals surface area contributed by atoms with Gasteiger partial charge in [-0.3, -0.25) is 9.80 Å². The van der Waals surface area contributed by atoms with Crippen molar-refractivity contribution in [3.63, 3.8) is 0 Å². The lowest BCUT2D eigenvalue weighted by atomic mass is 9.59. The first-order chi connectivity index (χ1) is 13.9. The van der Waals surface area contributed by atoms with Crippen molar-refractivity contribution < 1.29 is 4.79 Å². The van der Waals surface area contributed by atoms with Gasteiger partial charge in [0.25, 0.3) is 0 Å². The highest BCUT2D eigenvalue weighted by Crippen LogP contribution is 2.53. The number of anilines is 2. The monoisotopic (exact) mass is 392 g/mol. The molecule has 7 heteroatoms. The van der Waals surface area contributed by atoms with Crippen LogP contribution in [0.2, 0.25) is 0 Å². The van der Waals surface area contributed by atoms with Crippen LogP contribution in [0.1, 0.15) is 30.5 Å². The van der Waals surface area contributed by atoms with E-state index in [2.05, 4.69) is 63.4 Å². The van der Waals surface area contributed by atoms with E-state index in [1.807, 2.05) is 24.1 Å². The summed E-state index contributed by atoms with van der Waals surface area (Å²) in [4.78, 5) is 28.3. The predicted molar refractivity (Wildman–Crippen MR) is 113 cm³/mol. The highest BCUT2D eigenvalue weighted by molar-refractivity contribution is 5.96. The Labute approximate surface area is 171 Å². The molecule has 3 heterocycles. The Hall–Kier alpha value is -2.67. The van der Waals surface area contributed by atoms with E-state index in [1.54, 1.807) is 0 Å². The van der Waals surface area contributed by atoms with E-state index in [9.17, 15) is 4.79 Å². The first kappa shape index (κ1) is 18.4. The lowest BCUT2D eigenvalue weighted by Crippen LogP contribution is -2.66. The molecule has 2 aliphatic heterocycles. The third kappa shape index (κ3) is 2.79. The molecule has 2 saturated heterocycles. The lowest BCUT2D eigenvalue weighted by molar-refractivity contribution is -0.0169. The lowest BCUT2D eigenvalue weighted by Gasteiger charge is -2.57. The molecule has 1 spiro atoms. The van der Waals surface area contributed by atoms with Crippen molar-refractivity contribution in [1.82, 2.24) is 20.2 Å². The van der Waals surface area contributed by atoms with Crippen molar-refractivity contribution in [3.05, 3.63) is 47.8 Å². The topological polar surface area (TPSA) is 64.6 Å². The average molecular weight is 393 g/mol. The van der Waals surface area contributed by atoms with Gasteiger partial charge >= 0.3 is 6.03 Å². The van der Waals surface area contributed by atoms with E-state index < -0.39 is 0 Å². The zero-order chi connectivity index (χ0) is 20.2. The van der Waals surface area contributed by atoms with E-state index >= 15 is 0 Å². The van der Waals surface area contributed by atoms with Crippen LogP contribution < -0.4 is 15.1 Å². The summed E-state index contributed by atoms with van der Waals surface area (Å²) in [5.41, 5.74) is 2.72. The van der Waals surface area contributed by atoms with Gasteiger partial charge in [-0.2, -0.15) is 0 Å². The summed E-state index contributed by atoms with van der Waals surface area (Å²) in [6, 6.07) is 10.6. The molecule has 1 saturated carbocycles. The Balaban J connectivity index is 1.37. The molecule has 1 aliphatic carbocycles. The van der Waals surface area contributed by atoms with Crippen LogP contribution in [0.5, 0.6) is 0 Å². The van der Waals surface area contributed by atoms with Crippen LogP contribution in [0.4, 0.5) is 16.4 Å². The second-order valence-corrected chi connectivity index (χ2v) is 8.92. The zero-order valence-electron chi connectivity index (χ0n) is 17.4. The van der Waals surface area contributed by atoms with E-state index in [4.69, 9.17) is 0 Å². The molecule has 29 heavy (non-hydrogen) atoms. The normalized spacial score (nSPS) is 28.5. The second kappa shape index (κ2) is 6.42. The molecule has 5 rings (SSSR count). The standard InChI is InChI=1S/C22H28N6O/c1-16-18(12-23-19(24-16)27-10-7-11-27)28-15-21(25-20(28)29)13-22(14-21,26(2)3)17-8-5-4-6-9-17/h4-6,8-9,12H,7,10-11,13-15H2,1-3H3,(H,25,29)/t21-,22+. The van der Waals surface area contributed by atoms with Crippen molar-refractivity contribution in [3.8, 4) is 0 Å². The summed E-state index contributed by atoms with van der Waals surface area (Å²) in [6.07, 6.45) is 4.79. The molecule has 0 unspecified atom stereocenters. The fraction of sp³-hybridized carbons (Fsp3) is 0.500. The maximum absolute atomic E-state index is 12.9. The minimum Gasteiger partial charge on any atom is -0.341 e. The third-order valence-electron chi connectivity index (χ3n) is 6.88. The number of hydrogen-bond donors (Lipinski definition) is 1. The quantitative estimate of drug-likeness (QED) is 0.866. The summed E-state index contributed by atoms with van der Waals surface area (Å²) in [6.45, 7) is 4.64. The van der Waals surface area contributed by atoms with E-state index in [0.29, 0.717) is 6.54 Å². The van der Waals surface area contributed by atoms with Crippen molar-refractivity contribution in [1.29, 1.82) is 0 Å². The Morgan fingerprint density at radius 1 is 1.14 bits per heavy atom. The summed E-state index contributed by atoms with van der Waals surface area (Å²) in [5.74, 6) is 0.770. The molecule has 3 aliphatic rings. The minimum atomic E-state index is -0.209. The largest absolute Gasteiger partial charge is 0.341 e. The van der Waals surface area contributed by atoms with Gasteiger partial charge in [0.2, 0.25) is 5.95 Å². The number of rotatable bonds is 4. The van der Waals surface area contributed by atoms with Crippen LogP contribution in [-0.4, -0.2) is 60.2 Å². The van der Waals surface area contributed by atoms with Gasteiger partial charge in [-0.25, -0.2) is 14.8 Å². The molecule has 0 atom stereocenters. The van der Waals surface area contributed by atoms with Crippen LogP contribution in [-0.2, 0) is 5.54 Å². The minimum absolute atomic E-state index is 0.0442. The van der Waals surface area contributed by atoms with Gasteiger partial charge in [0.1, 0.15) is 0 Å². The van der Waals surface area contributed by atoms with E-state index in [1.165, 1.54) is 12.0 Å². The predicted octanol–water partition coefficient (Wildman–Crippen LogP) is 2.51. The molecule has 0 bridgehead atoms. The van der Waals surface area contributed by atoms with E-state index in [-0.39, 0.29) is 17.1 Å². The maximum atomic E-state index is 12.9. The zero-order valence-corrected chi connectivity index (χ0v) is 17.4. The summed E-state index contributed by atoms with van der Waals surface area (Å²) >= 11 is 0. The van der Waals surface area contributed by atoms with Gasteiger partial charge in [-0.15, -0.1) is 0 Å². The van der Waals surface area contributed by atoms with Gasteiger partial charge in [0.05, 0.1) is 35.2 Å². The molecule has 7 nitrogen and oxygen atoms in total. The molecule has 1 N–H and O–H groups in total. The fourth-order valence-corrected chi connectivity index (χ4v) is 5.08. The Morgan fingerprint density at radius 2 is 1.86 bits per heavy atom. The number of hydrogen-bond acceptors (Lipinski definition) is 5. The number of carbonyl (C=O) groups excluding carboxylic acids is 1. The summed E-state index contributed by atoms with van der Waals surface area (Å²) < 4.78 is 0. The third-order valence-corrected chi connectivity index (χ3v) is 6.88. The molecule has 0 radical (unpaired) electrons. The van der Waals surface area contributed by atoms with Gasteiger partial charge < -0.3 is 10.2 Å². The van der Waals surface area contributed by atoms with Crippen LogP contribution in [0, 0.1) is 6.92 Å². The molecular formula is C22H28N6O. The number of nitrogens with zero attached hydrogens (tertiary/aromatic N) is 5. The number of amides is 2. The molecular weight excluding hydrogens is 364 g/mol. The second-order valence-electron chi connectivity index (χ2n) is 8.92. The van der Waals surface area contributed by atoms with Crippen LogP contribution >= 0.6 is 0 Å². The molecule has 2 aromatic rings. The Kier molecular flexibility index (Phi) is 4.07. The van der Waals surface area contributed by atoms with Crippen molar-refractivity contribution in [2.24, 2.45) is 0 Å². The van der Waals surface area contributed by atoms with Crippen molar-refractivity contribution >= 4 is 17.7 Å². The number of aromatic nitrogens is 2. The molecule has 3 fully saturated rings. The first-order valence-corrected chi connectivity index (χ1v) is 10.3. The Morgan fingerprint density at radius 3 is 2.45 bits per heavy atom. The average Bonchev–Trinajstić information content (AvgIpc) is 2.96. The Bertz CT molecular complexity index is 934.